The summed E-state index contributed by atoms with van der Waals surface area (Å²) in [7, 11) is 4.05. The zero-order valence-electron chi connectivity index (χ0n) is 14.0. The summed E-state index contributed by atoms with van der Waals surface area (Å²) in [6.45, 7) is 1.52. The Morgan fingerprint density at radius 1 is 1.17 bits per heavy atom. The smallest absolute Gasteiger partial charge is 0.225 e. The van der Waals surface area contributed by atoms with Crippen LogP contribution in [0.15, 0.2) is 48.5 Å². The number of hydrogen-bond acceptors (Lipinski definition) is 3. The lowest BCUT2D eigenvalue weighted by molar-refractivity contribution is -0.116. The van der Waals surface area contributed by atoms with Crippen molar-refractivity contribution in [3.05, 3.63) is 59.7 Å². The van der Waals surface area contributed by atoms with Gasteiger partial charge in [0.15, 0.2) is 0 Å². The van der Waals surface area contributed by atoms with E-state index in [2.05, 4.69) is 28.4 Å². The highest BCUT2D eigenvalue weighted by Crippen LogP contribution is 2.38. The van der Waals surface area contributed by atoms with Gasteiger partial charge in [0.1, 0.15) is 12.4 Å². The minimum atomic E-state index is 0. The molecule has 0 saturated carbocycles. The van der Waals surface area contributed by atoms with Gasteiger partial charge in [-0.15, -0.1) is 12.4 Å². The van der Waals surface area contributed by atoms with E-state index in [4.69, 9.17) is 4.74 Å². The lowest BCUT2D eigenvalue weighted by Crippen LogP contribution is -2.23. The van der Waals surface area contributed by atoms with Gasteiger partial charge in [0.05, 0.1) is 0 Å². The number of anilines is 1. The number of hydrogen-bond donors (Lipinski definition) is 1. The molecule has 0 fully saturated rings. The van der Waals surface area contributed by atoms with E-state index in [-0.39, 0.29) is 24.2 Å². The summed E-state index contributed by atoms with van der Waals surface area (Å²) in [5.74, 6) is 0.993. The van der Waals surface area contributed by atoms with E-state index in [9.17, 15) is 4.79 Å². The number of nitrogens with zero attached hydrogens (tertiary/aromatic N) is 1. The molecule has 4 nitrogen and oxygen atoms in total. The monoisotopic (exact) mass is 346 g/mol. The fourth-order valence-corrected chi connectivity index (χ4v) is 2.86. The van der Waals surface area contributed by atoms with Crippen LogP contribution in [-0.2, 0) is 4.79 Å². The molecule has 1 heterocycles. The molecule has 1 atom stereocenters. The average molecular weight is 347 g/mol. The van der Waals surface area contributed by atoms with Gasteiger partial charge in [-0.1, -0.05) is 30.3 Å². The summed E-state index contributed by atoms with van der Waals surface area (Å²) in [6.07, 6.45) is 0.470. The Balaban J connectivity index is 0.00000208. The molecule has 1 N–H and O–H groups in total. The molecule has 3 rings (SSSR count). The number of fused-ring (bicyclic) bond motifs is 1. The number of likely N-dealkylation sites (N-methyl/N-ethyl adjacent to an activating group) is 1. The van der Waals surface area contributed by atoms with Crippen molar-refractivity contribution in [2.75, 3.05) is 32.6 Å². The lowest BCUT2D eigenvalue weighted by Gasteiger charge is -2.26. The van der Waals surface area contributed by atoms with Crippen molar-refractivity contribution in [2.24, 2.45) is 0 Å². The number of carbonyl (C=O) groups is 1. The third-order valence-electron chi connectivity index (χ3n) is 4.07. The topological polar surface area (TPSA) is 41.6 Å². The number of ether oxygens (including phenoxy) is 1. The minimum absolute atomic E-state index is 0. The summed E-state index contributed by atoms with van der Waals surface area (Å²) in [5.41, 5.74) is 3.17. The molecule has 1 amide bonds. The number of nitrogens with one attached hydrogen (secondary N) is 1. The van der Waals surface area contributed by atoms with Crippen molar-refractivity contribution in [3.8, 4) is 5.75 Å². The number of halogens is 1. The van der Waals surface area contributed by atoms with Gasteiger partial charge < -0.3 is 15.0 Å². The SMILES string of the molecule is CN(C)CCOc1ccc2c(c1)C(c1ccccc1)CC(=O)N2.Cl. The van der Waals surface area contributed by atoms with Gasteiger partial charge in [-0.25, -0.2) is 0 Å². The zero-order valence-corrected chi connectivity index (χ0v) is 14.8. The highest BCUT2D eigenvalue weighted by molar-refractivity contribution is 5.95. The first-order valence-electron chi connectivity index (χ1n) is 7.90. The Bertz CT molecular complexity index is 689. The Morgan fingerprint density at radius 2 is 1.92 bits per heavy atom. The summed E-state index contributed by atoms with van der Waals surface area (Å²) in [4.78, 5) is 14.1. The molecule has 2 aromatic carbocycles. The molecule has 0 bridgehead atoms. The molecule has 5 heteroatoms. The lowest BCUT2D eigenvalue weighted by atomic mass is 9.85. The fourth-order valence-electron chi connectivity index (χ4n) is 2.86. The van der Waals surface area contributed by atoms with Crippen molar-refractivity contribution in [3.63, 3.8) is 0 Å². The average Bonchev–Trinajstić information content (AvgIpc) is 2.55. The van der Waals surface area contributed by atoms with Crippen LogP contribution in [0, 0.1) is 0 Å². The van der Waals surface area contributed by atoms with E-state index in [0.717, 1.165) is 29.1 Å². The molecule has 0 radical (unpaired) electrons. The van der Waals surface area contributed by atoms with Crippen LogP contribution in [0.2, 0.25) is 0 Å². The van der Waals surface area contributed by atoms with E-state index in [0.29, 0.717) is 13.0 Å². The van der Waals surface area contributed by atoms with Gasteiger partial charge in [0, 0.05) is 24.6 Å². The van der Waals surface area contributed by atoms with Crippen molar-refractivity contribution in [2.45, 2.75) is 12.3 Å². The molecule has 0 spiro atoms. The van der Waals surface area contributed by atoms with Crippen LogP contribution in [0.4, 0.5) is 5.69 Å². The summed E-state index contributed by atoms with van der Waals surface area (Å²) >= 11 is 0. The molecule has 24 heavy (non-hydrogen) atoms. The van der Waals surface area contributed by atoms with Gasteiger partial charge in [0.25, 0.3) is 0 Å². The highest BCUT2D eigenvalue weighted by Gasteiger charge is 2.26. The molecule has 0 saturated heterocycles. The van der Waals surface area contributed by atoms with Crippen LogP contribution < -0.4 is 10.1 Å². The van der Waals surface area contributed by atoms with Gasteiger partial charge in [-0.2, -0.15) is 0 Å². The highest BCUT2D eigenvalue weighted by atomic mass is 35.5. The molecule has 0 aromatic heterocycles. The molecule has 2 aromatic rings. The summed E-state index contributed by atoms with van der Waals surface area (Å²) < 4.78 is 5.84. The molecular weight excluding hydrogens is 324 g/mol. The second-order valence-corrected chi connectivity index (χ2v) is 6.12. The Hall–Kier alpha value is -2.04. The summed E-state index contributed by atoms with van der Waals surface area (Å²) in [5, 5.41) is 2.96. The summed E-state index contributed by atoms with van der Waals surface area (Å²) in [6, 6.07) is 16.1. The number of rotatable bonds is 5. The predicted octanol–water partition coefficient (Wildman–Crippen LogP) is 3.52. The molecule has 0 aliphatic carbocycles. The molecule has 128 valence electrons. The molecule has 1 unspecified atom stereocenters. The van der Waals surface area contributed by atoms with E-state index < -0.39 is 0 Å². The molecule has 1 aliphatic rings. The minimum Gasteiger partial charge on any atom is -0.492 e. The van der Waals surface area contributed by atoms with Gasteiger partial charge in [-0.3, -0.25) is 4.79 Å². The Labute approximate surface area is 149 Å². The largest absolute Gasteiger partial charge is 0.492 e. The predicted molar refractivity (Wildman–Crippen MR) is 99.3 cm³/mol. The van der Waals surface area contributed by atoms with Crippen LogP contribution in [0.3, 0.4) is 0 Å². The van der Waals surface area contributed by atoms with Gasteiger partial charge in [-0.05, 0) is 43.4 Å². The van der Waals surface area contributed by atoms with E-state index in [1.165, 1.54) is 0 Å². The van der Waals surface area contributed by atoms with Gasteiger partial charge >= 0.3 is 0 Å². The number of benzene rings is 2. The van der Waals surface area contributed by atoms with Crippen molar-refractivity contribution in [1.29, 1.82) is 0 Å². The van der Waals surface area contributed by atoms with E-state index in [1.54, 1.807) is 0 Å². The third-order valence-corrected chi connectivity index (χ3v) is 4.07. The van der Waals surface area contributed by atoms with Crippen molar-refractivity contribution < 1.29 is 9.53 Å². The standard InChI is InChI=1S/C19H22N2O2.ClH/c1-21(2)10-11-23-15-8-9-18-17(12-15)16(13-19(22)20-18)14-6-4-3-5-7-14;/h3-9,12,16H,10-11,13H2,1-2H3,(H,20,22);1H. The molecular formula is C19H23ClN2O2. The van der Waals surface area contributed by atoms with E-state index >= 15 is 0 Å². The maximum Gasteiger partial charge on any atom is 0.225 e. The fraction of sp³-hybridized carbons (Fsp3) is 0.316. The van der Waals surface area contributed by atoms with Crippen LogP contribution >= 0.6 is 12.4 Å². The second kappa shape index (κ2) is 8.18. The number of amides is 1. The van der Waals surface area contributed by atoms with Crippen LogP contribution in [0.5, 0.6) is 5.75 Å². The normalized spacial score (nSPS) is 16.1. The first-order valence-corrected chi connectivity index (χ1v) is 7.90. The van der Waals surface area contributed by atoms with E-state index in [1.807, 2.05) is 44.4 Å². The van der Waals surface area contributed by atoms with Crippen molar-refractivity contribution >= 4 is 24.0 Å². The first-order chi connectivity index (χ1) is 11.1. The Kier molecular flexibility index (Phi) is 6.23. The molecule has 1 aliphatic heterocycles. The van der Waals surface area contributed by atoms with Crippen LogP contribution in [0.25, 0.3) is 0 Å². The maximum atomic E-state index is 12.0. The third kappa shape index (κ3) is 4.28. The quantitative estimate of drug-likeness (QED) is 0.900. The van der Waals surface area contributed by atoms with Crippen molar-refractivity contribution in [1.82, 2.24) is 4.90 Å². The maximum absolute atomic E-state index is 12.0. The zero-order chi connectivity index (χ0) is 16.2. The Morgan fingerprint density at radius 3 is 2.62 bits per heavy atom. The first kappa shape index (κ1) is 18.3. The van der Waals surface area contributed by atoms with Crippen LogP contribution in [0.1, 0.15) is 23.5 Å². The van der Waals surface area contributed by atoms with Crippen LogP contribution in [-0.4, -0.2) is 38.1 Å². The number of carbonyl (C=O) groups excluding carboxylic acids is 1. The van der Waals surface area contributed by atoms with Gasteiger partial charge in [0.2, 0.25) is 5.91 Å². The second-order valence-electron chi connectivity index (χ2n) is 6.12.